The molecule has 0 unspecified atom stereocenters. The van der Waals surface area contributed by atoms with Gasteiger partial charge in [0.1, 0.15) is 5.52 Å². The number of halogens is 4. The first-order valence-corrected chi connectivity index (χ1v) is 7.48. The van der Waals surface area contributed by atoms with E-state index in [2.05, 4.69) is 4.98 Å². The summed E-state index contributed by atoms with van der Waals surface area (Å²) in [7, 11) is 0. The first kappa shape index (κ1) is 16.0. The van der Waals surface area contributed by atoms with Crippen molar-refractivity contribution < 1.29 is 14.3 Å². The molecule has 0 aliphatic heterocycles. The highest BCUT2D eigenvalue weighted by molar-refractivity contribution is 6.35. The predicted octanol–water partition coefficient (Wildman–Crippen LogP) is 5.70. The third-order valence-electron chi connectivity index (χ3n) is 3.27. The van der Waals surface area contributed by atoms with Crippen LogP contribution in [0.2, 0.25) is 15.1 Å². The summed E-state index contributed by atoms with van der Waals surface area (Å²) in [5.74, 6) is -1.94. The highest BCUT2D eigenvalue weighted by Gasteiger charge is 2.17. The second-order valence-corrected chi connectivity index (χ2v) is 6.05. The monoisotopic (exact) mass is 369 g/mol. The minimum atomic E-state index is -1.22. The molecule has 0 fully saturated rings. The van der Waals surface area contributed by atoms with Crippen LogP contribution in [-0.2, 0) is 0 Å². The summed E-state index contributed by atoms with van der Waals surface area (Å²) >= 11 is 17.9. The molecule has 3 rings (SSSR count). The summed E-state index contributed by atoms with van der Waals surface area (Å²) in [5, 5.41) is 10.3. The van der Waals surface area contributed by atoms with E-state index in [0.717, 1.165) is 6.07 Å². The Morgan fingerprint density at radius 1 is 1.04 bits per heavy atom. The molecule has 0 saturated carbocycles. The highest BCUT2D eigenvalue weighted by atomic mass is 35.5. The van der Waals surface area contributed by atoms with Crippen molar-refractivity contribution in [2.24, 2.45) is 0 Å². The van der Waals surface area contributed by atoms with Gasteiger partial charge in [0.05, 0.1) is 16.3 Å². The van der Waals surface area contributed by atoms with E-state index in [1.165, 1.54) is 18.2 Å². The Morgan fingerprint density at radius 2 is 1.78 bits per heavy atom. The van der Waals surface area contributed by atoms with Crippen molar-refractivity contribution in [2.75, 3.05) is 0 Å². The molecule has 0 amide bonds. The third kappa shape index (κ3) is 2.98. The Hall–Kier alpha value is -1.88. The first-order valence-electron chi connectivity index (χ1n) is 6.35. The molecule has 0 aliphatic rings. The number of carbonyl (C=O) groups is 1. The van der Waals surface area contributed by atoms with E-state index in [1.54, 1.807) is 12.1 Å². The number of carboxylic acid groups (broad SMARTS) is 1. The fourth-order valence-corrected chi connectivity index (χ4v) is 2.85. The second-order valence-electron chi connectivity index (χ2n) is 4.77. The first-order chi connectivity index (χ1) is 10.9. The lowest BCUT2D eigenvalue weighted by molar-refractivity contribution is 0.0699. The predicted molar refractivity (Wildman–Crippen MR) is 89.1 cm³/mol. The number of hydrogen-bond acceptors (Lipinski definition) is 2. The maximum absolute atomic E-state index is 14.2. The average Bonchev–Trinajstić information content (AvgIpc) is 2.48. The van der Waals surface area contributed by atoms with Gasteiger partial charge in [-0.15, -0.1) is 0 Å². The van der Waals surface area contributed by atoms with Gasteiger partial charge in [0.2, 0.25) is 0 Å². The van der Waals surface area contributed by atoms with Gasteiger partial charge in [-0.25, -0.2) is 14.2 Å². The third-order valence-corrected chi connectivity index (χ3v) is 4.05. The van der Waals surface area contributed by atoms with Crippen LogP contribution in [0.15, 0.2) is 36.4 Å². The van der Waals surface area contributed by atoms with Crippen LogP contribution in [0.25, 0.3) is 22.2 Å². The molecule has 3 nitrogen and oxygen atoms in total. The molecule has 1 heterocycles. The molecule has 0 atom stereocenters. The number of hydrogen-bond donors (Lipinski definition) is 1. The SMILES string of the molecule is O=C(O)c1cc(-c2cc(Cl)ccc2Cl)nc2c(F)cc(Cl)cc12. The maximum atomic E-state index is 14.2. The van der Waals surface area contributed by atoms with E-state index in [4.69, 9.17) is 34.8 Å². The number of aromatic nitrogens is 1. The van der Waals surface area contributed by atoms with E-state index in [1.807, 2.05) is 0 Å². The smallest absolute Gasteiger partial charge is 0.336 e. The Morgan fingerprint density at radius 3 is 2.48 bits per heavy atom. The summed E-state index contributed by atoms with van der Waals surface area (Å²) in [6.07, 6.45) is 0. The molecule has 0 saturated heterocycles. The van der Waals surface area contributed by atoms with Gasteiger partial charge in [0.15, 0.2) is 5.82 Å². The topological polar surface area (TPSA) is 50.2 Å². The van der Waals surface area contributed by atoms with Crippen LogP contribution in [0, 0.1) is 5.82 Å². The molecule has 0 aliphatic carbocycles. The van der Waals surface area contributed by atoms with Gasteiger partial charge in [-0.2, -0.15) is 0 Å². The van der Waals surface area contributed by atoms with E-state index >= 15 is 0 Å². The van der Waals surface area contributed by atoms with Gasteiger partial charge in [-0.3, -0.25) is 0 Å². The lowest BCUT2D eigenvalue weighted by Crippen LogP contribution is -2.01. The van der Waals surface area contributed by atoms with Crippen molar-refractivity contribution in [2.45, 2.75) is 0 Å². The zero-order valence-electron chi connectivity index (χ0n) is 11.3. The standard InChI is InChI=1S/C16H7Cl3FNO2/c17-7-1-2-12(19)11(3-7)14-6-10(16(22)23)9-4-8(18)5-13(20)15(9)21-14/h1-6H,(H,22,23). The van der Waals surface area contributed by atoms with Crippen LogP contribution in [0.1, 0.15) is 10.4 Å². The zero-order valence-corrected chi connectivity index (χ0v) is 13.5. The van der Waals surface area contributed by atoms with Crippen molar-refractivity contribution in [3.63, 3.8) is 0 Å². The summed E-state index contributed by atoms with van der Waals surface area (Å²) in [5.41, 5.74) is 0.407. The minimum Gasteiger partial charge on any atom is -0.478 e. The minimum absolute atomic E-state index is 0.0906. The Balaban J connectivity index is 2.40. The van der Waals surface area contributed by atoms with Crippen molar-refractivity contribution >= 4 is 51.7 Å². The number of nitrogens with zero attached hydrogens (tertiary/aromatic N) is 1. The van der Waals surface area contributed by atoms with E-state index < -0.39 is 11.8 Å². The molecule has 116 valence electrons. The largest absolute Gasteiger partial charge is 0.478 e. The number of carboxylic acids is 1. The second kappa shape index (κ2) is 5.96. The zero-order chi connectivity index (χ0) is 16.7. The molecule has 2 aromatic carbocycles. The summed E-state index contributed by atoms with van der Waals surface area (Å²) < 4.78 is 14.2. The van der Waals surface area contributed by atoms with Crippen LogP contribution >= 0.6 is 34.8 Å². The van der Waals surface area contributed by atoms with Gasteiger partial charge in [0, 0.05) is 21.0 Å². The van der Waals surface area contributed by atoms with E-state index in [-0.39, 0.29) is 27.2 Å². The molecular formula is C16H7Cl3FNO2. The number of rotatable bonds is 2. The van der Waals surface area contributed by atoms with Crippen molar-refractivity contribution in [3.05, 3.63) is 62.8 Å². The Kier molecular flexibility index (Phi) is 4.15. The molecule has 23 heavy (non-hydrogen) atoms. The molecule has 1 aromatic heterocycles. The summed E-state index contributed by atoms with van der Waals surface area (Å²) in [6.45, 7) is 0. The fourth-order valence-electron chi connectivity index (χ4n) is 2.26. The molecule has 0 spiro atoms. The van der Waals surface area contributed by atoms with Crippen LogP contribution in [-0.4, -0.2) is 16.1 Å². The quantitative estimate of drug-likeness (QED) is 0.629. The average molecular weight is 371 g/mol. The molecule has 3 aromatic rings. The summed E-state index contributed by atoms with van der Waals surface area (Å²) in [6, 6.07) is 8.44. The number of pyridine rings is 1. The van der Waals surface area contributed by atoms with Gasteiger partial charge in [-0.05, 0) is 36.4 Å². The molecule has 1 N–H and O–H groups in total. The van der Waals surface area contributed by atoms with E-state index in [9.17, 15) is 14.3 Å². The lowest BCUT2D eigenvalue weighted by atomic mass is 10.0. The molecular weight excluding hydrogens is 364 g/mol. The van der Waals surface area contributed by atoms with Gasteiger partial charge >= 0.3 is 5.97 Å². The normalized spacial score (nSPS) is 11.0. The number of aromatic carboxylic acids is 1. The van der Waals surface area contributed by atoms with Gasteiger partial charge in [-0.1, -0.05) is 34.8 Å². The number of fused-ring (bicyclic) bond motifs is 1. The van der Waals surface area contributed by atoms with E-state index in [0.29, 0.717) is 15.6 Å². The van der Waals surface area contributed by atoms with Crippen LogP contribution in [0.3, 0.4) is 0 Å². The maximum Gasteiger partial charge on any atom is 0.336 e. The van der Waals surface area contributed by atoms with Crippen LogP contribution < -0.4 is 0 Å². The Bertz CT molecular complexity index is 960. The molecule has 0 bridgehead atoms. The number of benzene rings is 2. The van der Waals surface area contributed by atoms with Crippen LogP contribution in [0.4, 0.5) is 4.39 Å². The fraction of sp³-hybridized carbons (Fsp3) is 0. The molecule has 7 heteroatoms. The van der Waals surface area contributed by atoms with Gasteiger partial charge in [0.25, 0.3) is 0 Å². The highest BCUT2D eigenvalue weighted by Crippen LogP contribution is 2.33. The van der Waals surface area contributed by atoms with Crippen molar-refractivity contribution in [3.8, 4) is 11.3 Å². The van der Waals surface area contributed by atoms with Crippen LogP contribution in [0.5, 0.6) is 0 Å². The van der Waals surface area contributed by atoms with Crippen molar-refractivity contribution in [1.29, 1.82) is 0 Å². The lowest BCUT2D eigenvalue weighted by Gasteiger charge is -2.10. The Labute approximate surface area is 145 Å². The molecule has 0 radical (unpaired) electrons. The summed E-state index contributed by atoms with van der Waals surface area (Å²) in [4.78, 5) is 15.7. The van der Waals surface area contributed by atoms with Crippen molar-refractivity contribution in [1.82, 2.24) is 4.98 Å². The van der Waals surface area contributed by atoms with Gasteiger partial charge < -0.3 is 5.11 Å².